The predicted octanol–water partition coefficient (Wildman–Crippen LogP) is 28.8. The molecule has 0 saturated carbocycles. The molecule has 0 amide bonds. The molecule has 0 aliphatic carbocycles. The molecular weight excluding hydrogens is 1610 g/mol. The fourth-order valence-corrected chi connectivity index (χ4v) is 30.3. The third-order valence-electron chi connectivity index (χ3n) is 27.7. The van der Waals surface area contributed by atoms with Crippen molar-refractivity contribution in [2.24, 2.45) is 0 Å². The van der Waals surface area contributed by atoms with E-state index in [-0.39, 0.29) is 11.8 Å². The first-order chi connectivity index (χ1) is 63.5. The number of aryl methyl sites for hydroxylation is 6. The number of fused-ring (bicyclic) bond motifs is 6. The first kappa shape index (κ1) is 80.9. The van der Waals surface area contributed by atoms with Crippen molar-refractivity contribution in [1.82, 2.24) is 0 Å². The number of hydrogen-bond donors (Lipinski definition) is 0. The Morgan fingerprint density at radius 3 is 0.754 bits per heavy atom. The molecular formula is C124H100N2O2Si2. The Kier molecular flexibility index (Phi) is 20.4. The minimum Gasteiger partial charge on any atom is -0.456 e. The van der Waals surface area contributed by atoms with Gasteiger partial charge < -0.3 is 18.6 Å². The molecule has 626 valence electrons. The van der Waals surface area contributed by atoms with Crippen LogP contribution in [0.3, 0.4) is 0 Å². The van der Waals surface area contributed by atoms with Crippen LogP contribution in [0.25, 0.3) is 121 Å². The molecule has 130 heavy (non-hydrogen) atoms. The first-order valence-electron chi connectivity index (χ1n) is 45.8. The van der Waals surface area contributed by atoms with Gasteiger partial charge in [-0.25, -0.2) is 0 Å². The van der Waals surface area contributed by atoms with E-state index in [0.717, 1.165) is 111 Å². The average molecular weight is 1710 g/mol. The van der Waals surface area contributed by atoms with Gasteiger partial charge in [0.05, 0.1) is 0 Å². The molecule has 0 N–H and O–H groups in total. The molecule has 0 saturated heterocycles. The molecule has 6 heteroatoms. The molecule has 0 aliphatic heterocycles. The summed E-state index contributed by atoms with van der Waals surface area (Å²) in [7, 11) is -5.64. The van der Waals surface area contributed by atoms with E-state index in [1.165, 1.54) is 129 Å². The maximum atomic E-state index is 6.70. The van der Waals surface area contributed by atoms with Crippen LogP contribution in [-0.4, -0.2) is 16.1 Å². The normalized spacial score (nSPS) is 12.1. The highest BCUT2D eigenvalue weighted by atomic mass is 28.3. The van der Waals surface area contributed by atoms with Crippen molar-refractivity contribution in [3.05, 3.63) is 457 Å². The predicted molar refractivity (Wildman–Crippen MR) is 560 cm³/mol. The fraction of sp³-hybridized carbons (Fsp3) is 0.0968. The molecule has 2 heterocycles. The van der Waals surface area contributed by atoms with Crippen LogP contribution in [0.1, 0.15) is 84.0 Å². The van der Waals surface area contributed by atoms with E-state index in [1.54, 1.807) is 0 Å². The summed E-state index contributed by atoms with van der Waals surface area (Å²) >= 11 is 0. The van der Waals surface area contributed by atoms with E-state index in [0.29, 0.717) is 0 Å². The standard InChI is InChI=1S/C124H100N2O2Si2/c1-79(2)115-77-117(89-37-45-93(46-38-89)125(97-49-67-109-107-21-11-13-23-119(107)127-121(109)75-97)95-19-15-17-91(73-95)87-41-63-105(64-42-87)129(99-51-25-81(5)26-52-99,100-53-27-82(6)28-54-100)101-55-29-83(7)30-56-101)113-72-70-112-116(80(3)4)78-118(114-71-69-111(115)123(113)124(112)114)90-39-47-94(48-40-90)126(98-50-68-110-108-22-12-14-24-120(108)128-122(110)76-98)96-20-16-18-92(74-96)88-43-65-106(66-44-88)130(102-57-31-84(8)32-58-102,103-59-33-85(9)34-60-103)104-61-35-86(10)36-62-104/h11-80H,1-10H3. The van der Waals surface area contributed by atoms with Gasteiger partial charge in [0.25, 0.3) is 0 Å². The third kappa shape index (κ3) is 14.0. The van der Waals surface area contributed by atoms with E-state index < -0.39 is 16.1 Å². The largest absolute Gasteiger partial charge is 0.456 e. The summed E-state index contributed by atoms with van der Waals surface area (Å²) in [6.45, 7) is 22.5. The smallest absolute Gasteiger partial charge is 0.179 e. The van der Waals surface area contributed by atoms with Crippen LogP contribution in [0.15, 0.2) is 421 Å². The zero-order valence-electron chi connectivity index (χ0n) is 75.1. The van der Waals surface area contributed by atoms with Crippen LogP contribution in [0.5, 0.6) is 0 Å². The lowest BCUT2D eigenvalue weighted by molar-refractivity contribution is 0.668. The number of para-hydroxylation sites is 2. The fourth-order valence-electron chi connectivity index (χ4n) is 21.0. The molecule has 0 spiro atoms. The molecule has 2 aromatic heterocycles. The van der Waals surface area contributed by atoms with Crippen molar-refractivity contribution in [2.75, 3.05) is 9.80 Å². The molecule has 0 aliphatic rings. The van der Waals surface area contributed by atoms with Gasteiger partial charge in [0.1, 0.15) is 22.3 Å². The van der Waals surface area contributed by atoms with Crippen LogP contribution < -0.4 is 51.3 Å². The molecule has 0 unspecified atom stereocenters. The van der Waals surface area contributed by atoms with Crippen LogP contribution >= 0.6 is 0 Å². The minimum atomic E-state index is -2.82. The Morgan fingerprint density at radius 2 is 0.446 bits per heavy atom. The van der Waals surface area contributed by atoms with Crippen molar-refractivity contribution in [3.8, 4) is 44.5 Å². The second-order valence-corrected chi connectivity index (χ2v) is 44.3. The number of benzene rings is 20. The van der Waals surface area contributed by atoms with Gasteiger partial charge in [0.15, 0.2) is 16.1 Å². The maximum Gasteiger partial charge on any atom is 0.179 e. The zero-order valence-corrected chi connectivity index (χ0v) is 77.1. The van der Waals surface area contributed by atoms with Crippen LogP contribution in [-0.2, 0) is 0 Å². The summed E-state index contributed by atoms with van der Waals surface area (Å²) in [5.74, 6) is 0.486. The average Bonchev–Trinajstić information content (AvgIpc) is 0.814. The lowest BCUT2D eigenvalue weighted by atomic mass is 9.81. The second kappa shape index (κ2) is 32.7. The lowest BCUT2D eigenvalue weighted by Gasteiger charge is -2.35. The Balaban J connectivity index is 0.636. The number of rotatable bonds is 20. The van der Waals surface area contributed by atoms with Crippen molar-refractivity contribution >= 4 is 168 Å². The highest BCUT2D eigenvalue weighted by Crippen LogP contribution is 2.50. The molecule has 22 aromatic rings. The number of furan rings is 2. The van der Waals surface area contributed by atoms with Crippen molar-refractivity contribution in [2.45, 2.75) is 81.1 Å². The highest BCUT2D eigenvalue weighted by molar-refractivity contribution is 7.20. The van der Waals surface area contributed by atoms with Gasteiger partial charge >= 0.3 is 0 Å². The Hall–Kier alpha value is -14.9. The molecule has 0 fully saturated rings. The highest BCUT2D eigenvalue weighted by Gasteiger charge is 2.43. The Morgan fingerprint density at radius 1 is 0.192 bits per heavy atom. The first-order valence-corrected chi connectivity index (χ1v) is 49.8. The molecule has 0 bridgehead atoms. The topological polar surface area (TPSA) is 32.8 Å². The zero-order chi connectivity index (χ0) is 88.2. The summed E-state index contributed by atoms with van der Waals surface area (Å²) in [5, 5.41) is 23.0. The van der Waals surface area contributed by atoms with Gasteiger partial charge in [0, 0.05) is 67.8 Å². The maximum absolute atomic E-state index is 6.70. The van der Waals surface area contributed by atoms with E-state index in [4.69, 9.17) is 8.83 Å². The third-order valence-corrected chi connectivity index (χ3v) is 37.3. The van der Waals surface area contributed by atoms with Crippen LogP contribution in [0.4, 0.5) is 34.1 Å². The Bertz CT molecular complexity index is 7330. The summed E-state index contributed by atoms with van der Waals surface area (Å²) in [4.78, 5) is 4.80. The van der Waals surface area contributed by atoms with Gasteiger partial charge in [-0.15, -0.1) is 0 Å². The van der Waals surface area contributed by atoms with Gasteiger partial charge in [0.2, 0.25) is 0 Å². The molecule has 0 atom stereocenters. The quantitative estimate of drug-likeness (QED) is 0.0433. The van der Waals surface area contributed by atoms with E-state index in [2.05, 4.69) is 492 Å². The monoisotopic (exact) mass is 1700 g/mol. The SMILES string of the molecule is Cc1ccc([Si](c2ccc(C)cc2)(c2ccc(C)cc2)c2ccc(-c3cccc(N(c4ccc(-c5cc(C(C)C)c6ccc7c(-c8ccc(N(c9cccc(-c%10ccc([Si](c%11ccc(C)cc%11)(c%11ccc(C)cc%11)c%11ccc(C)cc%11)cc%10)c9)c9ccc%10c(c9)oc9ccccc9%10)cc8)cc(C(C)C)c8ccc5c6c78)cc4)c4ccc5c(c4)oc4ccccc45)c3)cc2)cc1. The summed E-state index contributed by atoms with van der Waals surface area (Å²) < 4.78 is 13.4. The van der Waals surface area contributed by atoms with Crippen molar-refractivity contribution in [3.63, 3.8) is 0 Å². The molecule has 4 nitrogen and oxygen atoms in total. The Labute approximate surface area is 763 Å². The summed E-state index contributed by atoms with van der Waals surface area (Å²) in [5.41, 5.74) is 29.1. The summed E-state index contributed by atoms with van der Waals surface area (Å²) in [6, 6.07) is 157. The number of nitrogens with zero attached hydrogens (tertiary/aromatic N) is 2. The van der Waals surface area contributed by atoms with E-state index in [1.807, 2.05) is 0 Å². The van der Waals surface area contributed by atoms with E-state index in [9.17, 15) is 0 Å². The molecule has 0 radical (unpaired) electrons. The summed E-state index contributed by atoms with van der Waals surface area (Å²) in [6.07, 6.45) is 0. The van der Waals surface area contributed by atoms with E-state index >= 15 is 0 Å². The lowest BCUT2D eigenvalue weighted by Crippen LogP contribution is -2.74. The van der Waals surface area contributed by atoms with Crippen LogP contribution in [0, 0.1) is 41.5 Å². The minimum absolute atomic E-state index is 0.243. The van der Waals surface area contributed by atoms with Crippen LogP contribution in [0.2, 0.25) is 0 Å². The van der Waals surface area contributed by atoms with Gasteiger partial charge in [-0.2, -0.15) is 0 Å². The van der Waals surface area contributed by atoms with Gasteiger partial charge in [-0.05, 0) is 280 Å². The molecule has 20 aromatic carbocycles. The second-order valence-electron chi connectivity index (χ2n) is 36.7. The number of hydrogen-bond acceptors (Lipinski definition) is 4. The van der Waals surface area contributed by atoms with Gasteiger partial charge in [-0.3, -0.25) is 0 Å². The van der Waals surface area contributed by atoms with Crippen molar-refractivity contribution < 1.29 is 8.83 Å². The van der Waals surface area contributed by atoms with Crippen molar-refractivity contribution in [1.29, 1.82) is 0 Å². The molecule has 22 rings (SSSR count). The number of anilines is 6. The van der Waals surface area contributed by atoms with Gasteiger partial charge in [-0.1, -0.05) is 364 Å².